The third-order valence-corrected chi connectivity index (χ3v) is 4.75. The number of rotatable bonds is 7. The standard InChI is InChI=1S/C15H16FN3O.C6H12F2/c1-2-6-13(20)14-17-15-11(16)9-12(19(15)18-14)10-7-4-3-5-8-10;1-3-4-5(2)6(7)8/h3-5,7-8,11-12H,2,6,9H2,1H3;5-6H,3-4H2,1-2H3. The highest BCUT2D eigenvalue weighted by Gasteiger charge is 2.36. The number of alkyl halides is 3. The van der Waals surface area contributed by atoms with Crippen LogP contribution in [0.2, 0.25) is 0 Å². The number of hydrogen-bond acceptors (Lipinski definition) is 3. The van der Waals surface area contributed by atoms with Crippen LogP contribution in [0.1, 0.15) is 87.1 Å². The lowest BCUT2D eigenvalue weighted by Crippen LogP contribution is -2.09. The number of Topliss-reactive ketones (excluding diaryl/α,β-unsaturated/α-hetero) is 1. The first-order valence-corrected chi connectivity index (χ1v) is 9.85. The number of fused-ring (bicyclic) bond motifs is 1. The van der Waals surface area contributed by atoms with Crippen LogP contribution in [-0.2, 0) is 0 Å². The number of nitrogens with zero attached hydrogens (tertiary/aromatic N) is 3. The van der Waals surface area contributed by atoms with Gasteiger partial charge in [0.2, 0.25) is 18.0 Å². The Morgan fingerprint density at radius 2 is 1.89 bits per heavy atom. The van der Waals surface area contributed by atoms with Crippen molar-refractivity contribution in [2.45, 2.75) is 71.5 Å². The van der Waals surface area contributed by atoms with Gasteiger partial charge < -0.3 is 0 Å². The van der Waals surface area contributed by atoms with Crippen LogP contribution < -0.4 is 0 Å². The molecule has 0 amide bonds. The Bertz CT molecular complexity index is 749. The summed E-state index contributed by atoms with van der Waals surface area (Å²) < 4.78 is 38.9. The van der Waals surface area contributed by atoms with E-state index in [1.54, 1.807) is 11.6 Å². The number of carbonyl (C=O) groups is 1. The first kappa shape index (κ1) is 22.1. The second-order valence-corrected chi connectivity index (χ2v) is 7.14. The molecule has 1 aliphatic heterocycles. The molecule has 28 heavy (non-hydrogen) atoms. The van der Waals surface area contributed by atoms with Crippen LogP contribution >= 0.6 is 0 Å². The van der Waals surface area contributed by atoms with Crippen LogP contribution in [0.15, 0.2) is 30.3 Å². The quantitative estimate of drug-likeness (QED) is 0.544. The molecule has 7 heteroatoms. The molecule has 0 saturated carbocycles. The van der Waals surface area contributed by atoms with Gasteiger partial charge in [-0.1, -0.05) is 57.5 Å². The van der Waals surface area contributed by atoms with Crippen molar-refractivity contribution in [2.24, 2.45) is 5.92 Å². The van der Waals surface area contributed by atoms with Crippen LogP contribution in [0.25, 0.3) is 0 Å². The van der Waals surface area contributed by atoms with Crippen LogP contribution in [0.3, 0.4) is 0 Å². The number of benzene rings is 1. The Morgan fingerprint density at radius 3 is 2.43 bits per heavy atom. The van der Waals surface area contributed by atoms with Crippen molar-refractivity contribution < 1.29 is 18.0 Å². The van der Waals surface area contributed by atoms with Crippen LogP contribution in [0.4, 0.5) is 13.2 Å². The van der Waals surface area contributed by atoms with E-state index in [9.17, 15) is 18.0 Å². The van der Waals surface area contributed by atoms with Gasteiger partial charge in [-0.2, -0.15) is 0 Å². The topological polar surface area (TPSA) is 47.8 Å². The third kappa shape index (κ3) is 5.42. The molecule has 0 fully saturated rings. The normalized spacial score (nSPS) is 19.1. The molecule has 2 aromatic rings. The molecular formula is C21H28F3N3O. The van der Waals surface area contributed by atoms with Gasteiger partial charge in [-0.05, 0) is 18.4 Å². The minimum atomic E-state index is -2.13. The van der Waals surface area contributed by atoms with E-state index in [1.165, 1.54) is 0 Å². The smallest absolute Gasteiger partial charge is 0.241 e. The van der Waals surface area contributed by atoms with Gasteiger partial charge in [0.25, 0.3) is 0 Å². The summed E-state index contributed by atoms with van der Waals surface area (Å²) in [5, 5.41) is 4.23. The summed E-state index contributed by atoms with van der Waals surface area (Å²) in [4.78, 5) is 15.9. The third-order valence-electron chi connectivity index (χ3n) is 4.75. The Morgan fingerprint density at radius 1 is 1.21 bits per heavy atom. The average molecular weight is 395 g/mol. The van der Waals surface area contributed by atoms with Gasteiger partial charge in [0, 0.05) is 18.8 Å². The van der Waals surface area contributed by atoms with E-state index in [0.29, 0.717) is 19.3 Å². The molecule has 3 unspecified atom stereocenters. The van der Waals surface area contributed by atoms with Gasteiger partial charge in [-0.25, -0.2) is 22.8 Å². The highest BCUT2D eigenvalue weighted by Crippen LogP contribution is 2.39. The lowest BCUT2D eigenvalue weighted by atomic mass is 10.0. The van der Waals surface area contributed by atoms with Gasteiger partial charge >= 0.3 is 0 Å². The number of ketones is 1. The van der Waals surface area contributed by atoms with Crippen molar-refractivity contribution >= 4 is 5.78 Å². The molecule has 0 saturated heterocycles. The summed E-state index contributed by atoms with van der Waals surface area (Å²) in [6.45, 7) is 5.42. The summed E-state index contributed by atoms with van der Waals surface area (Å²) in [6.07, 6.45) is -0.323. The van der Waals surface area contributed by atoms with E-state index in [4.69, 9.17) is 0 Å². The maximum Gasteiger partial charge on any atom is 0.241 e. The zero-order valence-corrected chi connectivity index (χ0v) is 16.6. The predicted molar refractivity (Wildman–Crippen MR) is 102 cm³/mol. The van der Waals surface area contributed by atoms with E-state index < -0.39 is 18.5 Å². The minimum absolute atomic E-state index is 0.117. The van der Waals surface area contributed by atoms with E-state index in [1.807, 2.05) is 44.2 Å². The highest BCUT2D eigenvalue weighted by molar-refractivity contribution is 5.92. The molecule has 0 N–H and O–H groups in total. The summed E-state index contributed by atoms with van der Waals surface area (Å²) in [6, 6.07) is 9.48. The molecule has 4 nitrogen and oxygen atoms in total. The largest absolute Gasteiger partial charge is 0.291 e. The Kier molecular flexibility index (Phi) is 8.20. The second-order valence-electron chi connectivity index (χ2n) is 7.14. The van der Waals surface area contributed by atoms with Crippen LogP contribution in [0.5, 0.6) is 0 Å². The highest BCUT2D eigenvalue weighted by atomic mass is 19.3. The Labute approximate surface area is 164 Å². The van der Waals surface area contributed by atoms with E-state index in [2.05, 4.69) is 10.1 Å². The van der Waals surface area contributed by atoms with Crippen molar-refractivity contribution in [1.82, 2.24) is 14.8 Å². The zero-order chi connectivity index (χ0) is 20.7. The monoisotopic (exact) mass is 395 g/mol. The molecule has 0 aliphatic carbocycles. The SMILES string of the molecule is CCCC(=O)c1nc2n(n1)C(c1ccccc1)CC2F.CCCC(C)C(F)F. The molecule has 0 bridgehead atoms. The minimum Gasteiger partial charge on any atom is -0.291 e. The fraction of sp³-hybridized carbons (Fsp3) is 0.571. The van der Waals surface area contributed by atoms with E-state index in [0.717, 1.165) is 18.4 Å². The molecule has 1 aromatic heterocycles. The molecule has 154 valence electrons. The predicted octanol–water partition coefficient (Wildman–Crippen LogP) is 5.95. The first-order chi connectivity index (χ1) is 13.4. The maximum absolute atomic E-state index is 14.1. The van der Waals surface area contributed by atoms with Gasteiger partial charge in [0.15, 0.2) is 12.0 Å². The van der Waals surface area contributed by atoms with Gasteiger partial charge in [-0.3, -0.25) is 4.79 Å². The first-order valence-electron chi connectivity index (χ1n) is 9.85. The molecule has 3 rings (SSSR count). The summed E-state index contributed by atoms with van der Waals surface area (Å²) >= 11 is 0. The molecule has 2 heterocycles. The van der Waals surface area contributed by atoms with Crippen molar-refractivity contribution in [3.8, 4) is 0 Å². The van der Waals surface area contributed by atoms with Crippen LogP contribution in [-0.4, -0.2) is 27.0 Å². The Hall–Kier alpha value is -2.18. The van der Waals surface area contributed by atoms with E-state index in [-0.39, 0.29) is 23.5 Å². The van der Waals surface area contributed by atoms with Gasteiger partial charge in [0.1, 0.15) is 0 Å². The number of halogens is 3. The lowest BCUT2D eigenvalue weighted by Gasteiger charge is -2.11. The number of hydrogen-bond donors (Lipinski definition) is 0. The second kappa shape index (κ2) is 10.4. The lowest BCUT2D eigenvalue weighted by molar-refractivity contribution is 0.0815. The molecule has 1 aromatic carbocycles. The molecule has 0 radical (unpaired) electrons. The Balaban J connectivity index is 0.000000300. The summed E-state index contributed by atoms with van der Waals surface area (Å²) in [5.74, 6) is -0.114. The van der Waals surface area contributed by atoms with Crippen LogP contribution in [0, 0.1) is 5.92 Å². The zero-order valence-electron chi connectivity index (χ0n) is 16.6. The van der Waals surface area contributed by atoms with Crippen molar-refractivity contribution in [3.05, 3.63) is 47.5 Å². The summed E-state index contributed by atoms with van der Waals surface area (Å²) in [7, 11) is 0. The summed E-state index contributed by atoms with van der Waals surface area (Å²) in [5.41, 5.74) is 0.994. The fourth-order valence-electron chi connectivity index (χ4n) is 3.17. The van der Waals surface area contributed by atoms with E-state index >= 15 is 0 Å². The van der Waals surface area contributed by atoms with Crippen molar-refractivity contribution in [1.29, 1.82) is 0 Å². The molecular weight excluding hydrogens is 367 g/mol. The molecule has 0 spiro atoms. The van der Waals surface area contributed by atoms with Crippen molar-refractivity contribution in [2.75, 3.05) is 0 Å². The fourth-order valence-corrected chi connectivity index (χ4v) is 3.17. The number of carbonyl (C=O) groups excluding carboxylic acids is 1. The van der Waals surface area contributed by atoms with Crippen molar-refractivity contribution in [3.63, 3.8) is 0 Å². The number of aromatic nitrogens is 3. The van der Waals surface area contributed by atoms with Gasteiger partial charge in [-0.15, -0.1) is 5.10 Å². The average Bonchev–Trinajstić information content (AvgIpc) is 3.24. The van der Waals surface area contributed by atoms with Gasteiger partial charge in [0.05, 0.1) is 6.04 Å². The molecule has 3 atom stereocenters. The maximum atomic E-state index is 14.1. The molecule has 1 aliphatic rings.